The van der Waals surface area contributed by atoms with Crippen molar-refractivity contribution in [3.63, 3.8) is 0 Å². The number of nitrogens with zero attached hydrogens (tertiary/aromatic N) is 5. The predicted molar refractivity (Wildman–Crippen MR) is 162 cm³/mol. The zero-order valence-corrected chi connectivity index (χ0v) is 26.3. The molecular weight excluding hydrogens is 628 g/mol. The molecule has 1 atom stereocenters. The van der Waals surface area contributed by atoms with Gasteiger partial charge in [0.2, 0.25) is 11.8 Å². The third-order valence-electron chi connectivity index (χ3n) is 7.59. The number of esters is 1. The lowest BCUT2D eigenvalue weighted by Gasteiger charge is -2.30. The highest BCUT2D eigenvalue weighted by Crippen LogP contribution is 2.35. The molecule has 3 heterocycles. The molecule has 0 spiro atoms. The number of ether oxygens (including phenoxy) is 1. The summed E-state index contributed by atoms with van der Waals surface area (Å²) in [6.45, 7) is 1.81. The molecule has 5 N–H and O–H groups in total. The van der Waals surface area contributed by atoms with E-state index in [9.17, 15) is 49.2 Å². The molecule has 254 valence electrons. The number of amides is 3. The topological polar surface area (TPSA) is 222 Å². The monoisotopic (exact) mass is 668 g/mol. The van der Waals surface area contributed by atoms with Gasteiger partial charge in [-0.3, -0.25) is 52.9 Å². The number of carbonyl (C=O) groups is 6. The molecule has 0 aromatic carbocycles. The SMILES string of the molecule is COC(=O)CN1CCN(CC(=O)O)CCN(C(CCC(=O)NCCSc2cc(O)n(CCN3C(=O)C=CC3=O)c2O)C(=O)O)CC1. The summed E-state index contributed by atoms with van der Waals surface area (Å²) in [5.74, 6) is -4.12. The fourth-order valence-electron chi connectivity index (χ4n) is 5.07. The molecule has 2 aliphatic heterocycles. The summed E-state index contributed by atoms with van der Waals surface area (Å²) >= 11 is 1.16. The van der Waals surface area contributed by atoms with Crippen LogP contribution in [0.2, 0.25) is 0 Å². The molecule has 0 aliphatic carbocycles. The van der Waals surface area contributed by atoms with E-state index in [4.69, 9.17) is 4.74 Å². The van der Waals surface area contributed by atoms with E-state index in [1.165, 1.54) is 13.2 Å². The fourth-order valence-corrected chi connectivity index (χ4v) is 5.93. The van der Waals surface area contributed by atoms with E-state index in [2.05, 4.69) is 5.32 Å². The van der Waals surface area contributed by atoms with E-state index in [-0.39, 0.29) is 76.3 Å². The summed E-state index contributed by atoms with van der Waals surface area (Å²) in [5.41, 5.74) is 0. The lowest BCUT2D eigenvalue weighted by molar-refractivity contribution is -0.145. The number of rotatable bonds is 16. The van der Waals surface area contributed by atoms with Crippen LogP contribution in [0.15, 0.2) is 23.1 Å². The van der Waals surface area contributed by atoms with Crippen molar-refractivity contribution in [2.24, 2.45) is 0 Å². The molecule has 1 saturated heterocycles. The number of aromatic nitrogens is 1. The van der Waals surface area contributed by atoms with E-state index < -0.39 is 35.8 Å². The Morgan fingerprint density at radius 3 is 2.13 bits per heavy atom. The largest absolute Gasteiger partial charge is 0.494 e. The molecule has 2 aliphatic rings. The molecule has 18 heteroatoms. The number of carboxylic acids is 2. The number of thioether (sulfide) groups is 1. The molecular formula is C28H40N6O11S. The molecule has 1 fully saturated rings. The van der Waals surface area contributed by atoms with Gasteiger partial charge in [0.05, 0.1) is 25.1 Å². The van der Waals surface area contributed by atoms with Crippen molar-refractivity contribution in [2.75, 3.05) is 78.3 Å². The normalized spacial score (nSPS) is 17.4. The van der Waals surface area contributed by atoms with Crippen LogP contribution < -0.4 is 5.32 Å². The van der Waals surface area contributed by atoms with Crippen LogP contribution in [-0.2, 0) is 40.0 Å². The number of nitrogens with one attached hydrogen (secondary N) is 1. The van der Waals surface area contributed by atoms with Crippen molar-refractivity contribution < 1.29 is 53.9 Å². The first-order valence-corrected chi connectivity index (χ1v) is 15.6. The highest BCUT2D eigenvalue weighted by atomic mass is 32.2. The first kappa shape index (κ1) is 36.3. The Morgan fingerprint density at radius 2 is 1.54 bits per heavy atom. The summed E-state index contributed by atoms with van der Waals surface area (Å²) in [6, 6.07) is 0.312. The molecule has 1 unspecified atom stereocenters. The highest BCUT2D eigenvalue weighted by molar-refractivity contribution is 7.99. The van der Waals surface area contributed by atoms with Gasteiger partial charge in [-0.2, -0.15) is 0 Å². The Balaban J connectivity index is 1.49. The summed E-state index contributed by atoms with van der Waals surface area (Å²) in [7, 11) is 1.27. The first-order chi connectivity index (χ1) is 21.9. The van der Waals surface area contributed by atoms with Gasteiger partial charge in [0.25, 0.3) is 11.8 Å². The van der Waals surface area contributed by atoms with Crippen LogP contribution in [0.3, 0.4) is 0 Å². The second kappa shape index (κ2) is 17.5. The van der Waals surface area contributed by atoms with Gasteiger partial charge in [-0.05, 0) is 6.42 Å². The van der Waals surface area contributed by atoms with Crippen LogP contribution in [0.4, 0.5) is 0 Å². The maximum absolute atomic E-state index is 12.6. The van der Waals surface area contributed by atoms with Crippen LogP contribution in [0.1, 0.15) is 12.8 Å². The molecule has 17 nitrogen and oxygen atoms in total. The Bertz CT molecular complexity index is 1300. The molecule has 0 saturated carbocycles. The van der Waals surface area contributed by atoms with E-state index in [1.54, 1.807) is 14.7 Å². The number of aliphatic carboxylic acids is 2. The Kier molecular flexibility index (Phi) is 13.9. The molecule has 1 aromatic rings. The molecule has 0 radical (unpaired) electrons. The maximum atomic E-state index is 12.6. The predicted octanol–water partition coefficient (Wildman–Crippen LogP) is -1.56. The van der Waals surface area contributed by atoms with Gasteiger partial charge in [-0.15, -0.1) is 11.8 Å². The van der Waals surface area contributed by atoms with Crippen LogP contribution in [0.5, 0.6) is 11.8 Å². The fraction of sp³-hybridized carbons (Fsp3) is 0.571. The average Bonchev–Trinajstić information content (AvgIpc) is 3.49. The zero-order chi connectivity index (χ0) is 33.8. The third-order valence-corrected chi connectivity index (χ3v) is 8.61. The van der Waals surface area contributed by atoms with Crippen LogP contribution >= 0.6 is 11.8 Å². The van der Waals surface area contributed by atoms with E-state index >= 15 is 0 Å². The number of hydrogen-bond acceptors (Lipinski definition) is 13. The lowest BCUT2D eigenvalue weighted by Crippen LogP contribution is -2.47. The number of carbonyl (C=O) groups excluding carboxylic acids is 4. The maximum Gasteiger partial charge on any atom is 0.320 e. The van der Waals surface area contributed by atoms with Gasteiger partial charge in [-0.1, -0.05) is 0 Å². The van der Waals surface area contributed by atoms with Gasteiger partial charge in [0.15, 0.2) is 5.88 Å². The van der Waals surface area contributed by atoms with Gasteiger partial charge in [0.1, 0.15) is 6.04 Å². The minimum atomic E-state index is -1.12. The highest BCUT2D eigenvalue weighted by Gasteiger charge is 2.29. The summed E-state index contributed by atoms with van der Waals surface area (Å²) in [6.07, 6.45) is 2.20. The van der Waals surface area contributed by atoms with E-state index in [1.807, 2.05) is 0 Å². The number of carboxylic acid groups (broad SMARTS) is 2. The van der Waals surface area contributed by atoms with Crippen molar-refractivity contribution in [1.82, 2.24) is 29.5 Å². The van der Waals surface area contributed by atoms with E-state index in [0.29, 0.717) is 36.8 Å². The van der Waals surface area contributed by atoms with Crippen molar-refractivity contribution in [2.45, 2.75) is 30.3 Å². The first-order valence-electron chi connectivity index (χ1n) is 14.6. The Labute approximate surface area is 269 Å². The number of imide groups is 1. The molecule has 0 bridgehead atoms. The minimum Gasteiger partial charge on any atom is -0.494 e. The van der Waals surface area contributed by atoms with Crippen LogP contribution in [-0.4, -0.2) is 165 Å². The van der Waals surface area contributed by atoms with Crippen molar-refractivity contribution in [3.05, 3.63) is 18.2 Å². The Morgan fingerprint density at radius 1 is 0.935 bits per heavy atom. The van der Waals surface area contributed by atoms with Gasteiger partial charge in [-0.25, -0.2) is 0 Å². The third kappa shape index (κ3) is 10.7. The van der Waals surface area contributed by atoms with Crippen LogP contribution in [0, 0.1) is 0 Å². The summed E-state index contributed by atoms with van der Waals surface area (Å²) in [4.78, 5) is 77.9. The second-order valence-electron chi connectivity index (χ2n) is 10.7. The second-order valence-corrected chi connectivity index (χ2v) is 11.8. The van der Waals surface area contributed by atoms with Gasteiger partial charge in [0, 0.05) is 89.3 Å². The number of methoxy groups -OCH3 is 1. The zero-order valence-electron chi connectivity index (χ0n) is 25.5. The van der Waals surface area contributed by atoms with Gasteiger partial charge >= 0.3 is 17.9 Å². The van der Waals surface area contributed by atoms with Crippen LogP contribution in [0.25, 0.3) is 0 Å². The minimum absolute atomic E-state index is 0.000698. The van der Waals surface area contributed by atoms with Crippen molar-refractivity contribution >= 4 is 47.4 Å². The standard InChI is InChI=1S/C28H40N6O11S/c1-45-26(41)18-31-8-7-30(17-25(39)40)9-11-32(12-10-31)19(28(43)44)2-3-21(35)29-6-15-46-20-16-24(38)34(27(20)42)14-13-33-22(36)4-5-23(33)37/h4-5,16,19,38,42H,2-3,6-15,17-18H2,1H3,(H,29,35)(H,39,40)(H,43,44). The quantitative estimate of drug-likeness (QED) is 0.0582. The average molecular weight is 669 g/mol. The van der Waals surface area contributed by atoms with Crippen molar-refractivity contribution in [1.29, 1.82) is 0 Å². The molecule has 3 rings (SSSR count). The smallest absolute Gasteiger partial charge is 0.320 e. The summed E-state index contributed by atoms with van der Waals surface area (Å²) in [5, 5.41) is 42.7. The number of hydrogen-bond donors (Lipinski definition) is 5. The Hall–Kier alpha value is -4.13. The lowest BCUT2D eigenvalue weighted by atomic mass is 10.1. The van der Waals surface area contributed by atoms with E-state index in [0.717, 1.165) is 33.4 Å². The molecule has 1 aromatic heterocycles. The summed E-state index contributed by atoms with van der Waals surface area (Å²) < 4.78 is 5.91. The molecule has 46 heavy (non-hydrogen) atoms. The van der Waals surface area contributed by atoms with Crippen molar-refractivity contribution in [3.8, 4) is 11.8 Å². The number of aromatic hydroxyl groups is 2. The molecule has 3 amide bonds. The van der Waals surface area contributed by atoms with Gasteiger partial charge < -0.3 is 30.5 Å².